The Labute approximate surface area is 99.7 Å². The smallest absolute Gasteiger partial charge is 0.298 e. The van der Waals surface area contributed by atoms with E-state index < -0.39 is 5.82 Å². The van der Waals surface area contributed by atoms with Gasteiger partial charge in [-0.25, -0.2) is 14.3 Å². The Morgan fingerprint density at radius 3 is 2.88 bits per heavy atom. The summed E-state index contributed by atoms with van der Waals surface area (Å²) in [5.74, 6) is -0.592. The van der Waals surface area contributed by atoms with Crippen LogP contribution in [0.4, 0.5) is 4.39 Å². The lowest BCUT2D eigenvalue weighted by molar-refractivity contribution is 0.111. The van der Waals surface area contributed by atoms with E-state index in [0.717, 1.165) is 11.8 Å². The first-order valence-electron chi connectivity index (χ1n) is 4.66. The molecule has 88 valence electrons. The summed E-state index contributed by atoms with van der Waals surface area (Å²) >= 11 is 1.05. The zero-order valence-corrected chi connectivity index (χ0v) is 9.62. The number of benzene rings is 1. The van der Waals surface area contributed by atoms with E-state index in [1.165, 1.54) is 23.7 Å². The van der Waals surface area contributed by atoms with E-state index in [1.54, 1.807) is 6.07 Å². The van der Waals surface area contributed by atoms with E-state index in [4.69, 9.17) is 0 Å². The van der Waals surface area contributed by atoms with E-state index in [1.807, 2.05) is 0 Å². The molecular formula is C10H8FN3O2S. The minimum Gasteiger partial charge on any atom is -0.298 e. The third kappa shape index (κ3) is 2.14. The van der Waals surface area contributed by atoms with Crippen LogP contribution in [-0.2, 0) is 7.05 Å². The lowest BCUT2D eigenvalue weighted by Crippen LogP contribution is -2.12. The molecule has 0 atom stereocenters. The number of nitrogens with zero attached hydrogens (tertiary/aromatic N) is 2. The number of aldehydes is 1. The largest absolute Gasteiger partial charge is 0.343 e. The first-order valence-corrected chi connectivity index (χ1v) is 5.48. The van der Waals surface area contributed by atoms with Gasteiger partial charge in [-0.15, -0.1) is 5.10 Å². The number of H-pyrrole nitrogens is 1. The van der Waals surface area contributed by atoms with Crippen LogP contribution in [0.5, 0.6) is 0 Å². The summed E-state index contributed by atoms with van der Waals surface area (Å²) in [4.78, 5) is 22.3. The maximum absolute atomic E-state index is 13.3. The second kappa shape index (κ2) is 4.54. The van der Waals surface area contributed by atoms with Gasteiger partial charge in [-0.2, -0.15) is 0 Å². The van der Waals surface area contributed by atoms with Gasteiger partial charge in [-0.1, -0.05) is 6.07 Å². The third-order valence-electron chi connectivity index (χ3n) is 2.17. The zero-order chi connectivity index (χ0) is 12.4. The average molecular weight is 253 g/mol. The minimum atomic E-state index is -0.592. The van der Waals surface area contributed by atoms with Gasteiger partial charge in [0.15, 0.2) is 11.4 Å². The Kier molecular flexibility index (Phi) is 3.10. The molecule has 0 aliphatic heterocycles. The van der Waals surface area contributed by atoms with Gasteiger partial charge in [0, 0.05) is 11.9 Å². The molecule has 0 radical (unpaired) electrons. The van der Waals surface area contributed by atoms with Crippen molar-refractivity contribution in [3.05, 3.63) is 40.1 Å². The third-order valence-corrected chi connectivity index (χ3v) is 3.29. The molecule has 17 heavy (non-hydrogen) atoms. The van der Waals surface area contributed by atoms with E-state index in [9.17, 15) is 14.0 Å². The highest BCUT2D eigenvalue weighted by Crippen LogP contribution is 2.28. The maximum atomic E-state index is 13.3. The van der Waals surface area contributed by atoms with Crippen LogP contribution in [-0.4, -0.2) is 21.1 Å². The molecule has 1 heterocycles. The Morgan fingerprint density at radius 2 is 2.29 bits per heavy atom. The monoisotopic (exact) mass is 253 g/mol. The molecule has 1 aromatic carbocycles. The van der Waals surface area contributed by atoms with E-state index in [2.05, 4.69) is 10.2 Å². The van der Waals surface area contributed by atoms with Crippen molar-refractivity contribution in [2.24, 2.45) is 7.05 Å². The highest BCUT2D eigenvalue weighted by molar-refractivity contribution is 7.99. The normalized spacial score (nSPS) is 10.5. The lowest BCUT2D eigenvalue weighted by atomic mass is 10.2. The molecule has 7 heteroatoms. The van der Waals surface area contributed by atoms with Gasteiger partial charge < -0.3 is 0 Å². The second-order valence-corrected chi connectivity index (χ2v) is 4.25. The van der Waals surface area contributed by atoms with Gasteiger partial charge >= 0.3 is 5.69 Å². The molecule has 0 saturated heterocycles. The molecule has 2 rings (SSSR count). The van der Waals surface area contributed by atoms with Gasteiger partial charge in [0.2, 0.25) is 0 Å². The maximum Gasteiger partial charge on any atom is 0.343 e. The number of aromatic amines is 1. The quantitative estimate of drug-likeness (QED) is 0.835. The SMILES string of the molecule is Cn1c(Sc2cccc(F)c2C=O)n[nH]c1=O. The molecule has 0 saturated carbocycles. The van der Waals surface area contributed by atoms with Gasteiger partial charge in [0.1, 0.15) is 5.82 Å². The average Bonchev–Trinajstić information content (AvgIpc) is 2.61. The molecule has 0 unspecified atom stereocenters. The van der Waals surface area contributed by atoms with Crippen molar-refractivity contribution in [1.82, 2.24) is 14.8 Å². The number of hydrogen-bond acceptors (Lipinski definition) is 4. The summed E-state index contributed by atoms with van der Waals surface area (Å²) in [5.41, 5.74) is -0.399. The van der Waals surface area contributed by atoms with E-state index in [-0.39, 0.29) is 11.3 Å². The van der Waals surface area contributed by atoms with Gasteiger partial charge in [0.05, 0.1) is 5.56 Å². The highest BCUT2D eigenvalue weighted by Gasteiger charge is 2.12. The molecule has 0 bridgehead atoms. The molecular weight excluding hydrogens is 245 g/mol. The van der Waals surface area contributed by atoms with Crippen molar-refractivity contribution in [2.45, 2.75) is 10.1 Å². The number of carbonyl (C=O) groups is 1. The molecule has 1 N–H and O–H groups in total. The number of aromatic nitrogens is 3. The molecule has 0 fully saturated rings. The predicted octanol–water partition coefficient (Wildman–Crippen LogP) is 1.21. The zero-order valence-electron chi connectivity index (χ0n) is 8.81. The summed E-state index contributed by atoms with van der Waals surface area (Å²) in [6.45, 7) is 0. The van der Waals surface area contributed by atoms with Crippen molar-refractivity contribution >= 4 is 18.0 Å². The Morgan fingerprint density at radius 1 is 1.53 bits per heavy atom. The second-order valence-electron chi connectivity index (χ2n) is 3.24. The summed E-state index contributed by atoms with van der Waals surface area (Å²) in [6.07, 6.45) is 0.447. The number of nitrogens with one attached hydrogen (secondary N) is 1. The van der Waals surface area contributed by atoms with Crippen LogP contribution in [0.3, 0.4) is 0 Å². The first kappa shape index (κ1) is 11.6. The van der Waals surface area contributed by atoms with E-state index in [0.29, 0.717) is 16.3 Å². The van der Waals surface area contributed by atoms with Crippen LogP contribution >= 0.6 is 11.8 Å². The van der Waals surface area contributed by atoms with Crippen molar-refractivity contribution in [1.29, 1.82) is 0 Å². The highest BCUT2D eigenvalue weighted by atomic mass is 32.2. The molecule has 5 nitrogen and oxygen atoms in total. The topological polar surface area (TPSA) is 67.8 Å². The first-order chi connectivity index (χ1) is 8.13. The van der Waals surface area contributed by atoms with Crippen LogP contribution in [0.1, 0.15) is 10.4 Å². The molecule has 0 aliphatic carbocycles. The van der Waals surface area contributed by atoms with Crippen LogP contribution in [0.2, 0.25) is 0 Å². The van der Waals surface area contributed by atoms with E-state index >= 15 is 0 Å². The summed E-state index contributed by atoms with van der Waals surface area (Å²) in [6, 6.07) is 4.30. The van der Waals surface area contributed by atoms with Crippen LogP contribution in [0.25, 0.3) is 0 Å². The fourth-order valence-electron chi connectivity index (χ4n) is 1.24. The minimum absolute atomic E-state index is 0.0343. The molecule has 0 amide bonds. The van der Waals surface area contributed by atoms with Crippen molar-refractivity contribution in [2.75, 3.05) is 0 Å². The predicted molar refractivity (Wildman–Crippen MR) is 59.7 cm³/mol. The number of rotatable bonds is 3. The molecule has 2 aromatic rings. The fraction of sp³-hybridized carbons (Fsp3) is 0.100. The summed E-state index contributed by atoms with van der Waals surface area (Å²) in [5, 5.41) is 6.39. The summed E-state index contributed by atoms with van der Waals surface area (Å²) < 4.78 is 14.6. The Balaban J connectivity index is 2.43. The number of halogens is 1. The van der Waals surface area contributed by atoms with Gasteiger partial charge in [-0.3, -0.25) is 9.36 Å². The van der Waals surface area contributed by atoms with Crippen molar-refractivity contribution in [3.63, 3.8) is 0 Å². The number of carbonyl (C=O) groups excluding carboxylic acids is 1. The van der Waals surface area contributed by atoms with Crippen LogP contribution < -0.4 is 5.69 Å². The van der Waals surface area contributed by atoms with Gasteiger partial charge in [-0.05, 0) is 23.9 Å². The van der Waals surface area contributed by atoms with Crippen molar-refractivity contribution < 1.29 is 9.18 Å². The summed E-state index contributed by atoms with van der Waals surface area (Å²) in [7, 11) is 1.54. The van der Waals surface area contributed by atoms with Gasteiger partial charge in [0.25, 0.3) is 0 Å². The van der Waals surface area contributed by atoms with Crippen molar-refractivity contribution in [3.8, 4) is 0 Å². The van der Waals surface area contributed by atoms with Crippen LogP contribution in [0.15, 0.2) is 33.0 Å². The molecule has 0 aliphatic rings. The Bertz CT molecular complexity index is 620. The lowest BCUT2D eigenvalue weighted by Gasteiger charge is -2.03. The van der Waals surface area contributed by atoms with Crippen LogP contribution in [0, 0.1) is 5.82 Å². The number of hydrogen-bond donors (Lipinski definition) is 1. The standard InChI is InChI=1S/C10H8FN3O2S/c1-14-9(16)12-13-10(14)17-8-4-2-3-7(11)6(8)5-15/h2-5H,1H3,(H,12,16). The fourth-order valence-corrected chi connectivity index (χ4v) is 2.15. The Hall–Kier alpha value is -1.89. The molecule has 0 spiro atoms. The molecule has 1 aromatic heterocycles.